The Bertz CT molecular complexity index is 782. The van der Waals surface area contributed by atoms with Crippen molar-refractivity contribution in [3.8, 4) is 0 Å². The van der Waals surface area contributed by atoms with Crippen LogP contribution in [0.1, 0.15) is 22.0 Å². The van der Waals surface area contributed by atoms with Crippen molar-refractivity contribution in [1.29, 1.82) is 0 Å². The average molecular weight is 372 g/mol. The summed E-state index contributed by atoms with van der Waals surface area (Å²) in [4.78, 5) is 29.1. The van der Waals surface area contributed by atoms with Crippen LogP contribution in [0.3, 0.4) is 0 Å². The van der Waals surface area contributed by atoms with Gasteiger partial charge >= 0.3 is 0 Å². The van der Waals surface area contributed by atoms with Gasteiger partial charge in [0.2, 0.25) is 5.91 Å². The molecular formula is C20H22ClN3O2. The van der Waals surface area contributed by atoms with Crippen molar-refractivity contribution in [3.05, 3.63) is 70.7 Å². The molecule has 1 aliphatic heterocycles. The number of halogens is 1. The summed E-state index contributed by atoms with van der Waals surface area (Å²) < 4.78 is 0. The Hall–Kier alpha value is -2.37. The molecule has 2 aromatic carbocycles. The molecule has 0 saturated carbocycles. The Morgan fingerprint density at radius 3 is 2.62 bits per heavy atom. The molecule has 1 heterocycles. The van der Waals surface area contributed by atoms with Gasteiger partial charge in [0.05, 0.1) is 12.6 Å². The number of carbonyl (C=O) groups excluding carboxylic acids is 2. The van der Waals surface area contributed by atoms with Crippen LogP contribution in [0.25, 0.3) is 0 Å². The molecule has 1 unspecified atom stereocenters. The molecule has 1 aliphatic rings. The van der Waals surface area contributed by atoms with Gasteiger partial charge in [-0.2, -0.15) is 0 Å². The minimum absolute atomic E-state index is 0.00878. The van der Waals surface area contributed by atoms with Crippen molar-refractivity contribution in [1.82, 2.24) is 15.1 Å². The molecule has 2 aromatic rings. The van der Waals surface area contributed by atoms with Crippen molar-refractivity contribution in [3.63, 3.8) is 0 Å². The van der Waals surface area contributed by atoms with E-state index in [-0.39, 0.29) is 24.4 Å². The first-order chi connectivity index (χ1) is 12.5. The lowest BCUT2D eigenvalue weighted by Crippen LogP contribution is -2.51. The highest BCUT2D eigenvalue weighted by Gasteiger charge is 2.30. The van der Waals surface area contributed by atoms with Gasteiger partial charge in [-0.1, -0.05) is 48.0 Å². The molecule has 2 amide bonds. The number of likely N-dealkylation sites (N-methyl/N-ethyl adjacent to an activating group) is 1. The van der Waals surface area contributed by atoms with Gasteiger partial charge in [0, 0.05) is 30.2 Å². The summed E-state index contributed by atoms with van der Waals surface area (Å²) in [6.45, 7) is 2.20. The maximum Gasteiger partial charge on any atom is 0.251 e. The zero-order valence-corrected chi connectivity index (χ0v) is 15.4. The number of benzene rings is 2. The molecule has 1 N–H and O–H groups in total. The number of piperazine rings is 1. The Kier molecular flexibility index (Phi) is 5.91. The lowest BCUT2D eigenvalue weighted by Gasteiger charge is -2.40. The van der Waals surface area contributed by atoms with E-state index in [1.54, 1.807) is 24.3 Å². The van der Waals surface area contributed by atoms with Gasteiger partial charge in [-0.15, -0.1) is 0 Å². The van der Waals surface area contributed by atoms with Crippen molar-refractivity contribution in [2.45, 2.75) is 6.04 Å². The van der Waals surface area contributed by atoms with Gasteiger partial charge in [-0.05, 0) is 30.8 Å². The monoisotopic (exact) mass is 371 g/mol. The third kappa shape index (κ3) is 4.42. The van der Waals surface area contributed by atoms with E-state index in [0.29, 0.717) is 17.1 Å². The minimum Gasteiger partial charge on any atom is -0.343 e. The molecule has 0 aromatic heterocycles. The Morgan fingerprint density at radius 2 is 1.88 bits per heavy atom. The van der Waals surface area contributed by atoms with E-state index in [1.165, 1.54) is 0 Å². The number of nitrogens with one attached hydrogen (secondary N) is 1. The van der Waals surface area contributed by atoms with E-state index in [0.717, 1.165) is 18.7 Å². The van der Waals surface area contributed by atoms with Gasteiger partial charge in [0.1, 0.15) is 0 Å². The summed E-state index contributed by atoms with van der Waals surface area (Å²) in [6.07, 6.45) is 0. The smallest absolute Gasteiger partial charge is 0.251 e. The van der Waals surface area contributed by atoms with Gasteiger partial charge < -0.3 is 15.1 Å². The van der Waals surface area contributed by atoms with E-state index >= 15 is 0 Å². The summed E-state index contributed by atoms with van der Waals surface area (Å²) in [7, 11) is 2.05. The van der Waals surface area contributed by atoms with Gasteiger partial charge in [-0.3, -0.25) is 9.59 Å². The van der Waals surface area contributed by atoms with Gasteiger partial charge in [-0.25, -0.2) is 0 Å². The summed E-state index contributed by atoms with van der Waals surface area (Å²) >= 11 is 5.91. The van der Waals surface area contributed by atoms with Gasteiger partial charge in [0.15, 0.2) is 0 Å². The van der Waals surface area contributed by atoms with Crippen molar-refractivity contribution in [2.24, 2.45) is 0 Å². The molecule has 5 nitrogen and oxygen atoms in total. The maximum absolute atomic E-state index is 12.8. The summed E-state index contributed by atoms with van der Waals surface area (Å²) in [6, 6.07) is 16.7. The van der Waals surface area contributed by atoms with Crippen LogP contribution in [0.15, 0.2) is 54.6 Å². The molecule has 6 heteroatoms. The number of carbonyl (C=O) groups is 2. The number of amides is 2. The van der Waals surface area contributed by atoms with Crippen LogP contribution in [0, 0.1) is 0 Å². The minimum atomic E-state index is -0.300. The molecule has 3 rings (SSSR count). The van der Waals surface area contributed by atoms with Crippen LogP contribution in [-0.2, 0) is 4.79 Å². The topological polar surface area (TPSA) is 52.6 Å². The van der Waals surface area contributed by atoms with Crippen molar-refractivity contribution < 1.29 is 9.59 Å². The number of hydrogen-bond acceptors (Lipinski definition) is 3. The molecule has 0 radical (unpaired) electrons. The predicted molar refractivity (Wildman–Crippen MR) is 102 cm³/mol. The summed E-state index contributed by atoms with van der Waals surface area (Å²) in [5.41, 5.74) is 1.55. The normalized spacial score (nSPS) is 17.8. The second-order valence-electron chi connectivity index (χ2n) is 6.47. The second kappa shape index (κ2) is 8.34. The van der Waals surface area contributed by atoms with E-state index in [9.17, 15) is 9.59 Å². The first-order valence-corrected chi connectivity index (χ1v) is 8.99. The number of rotatable bonds is 4. The van der Waals surface area contributed by atoms with Crippen LogP contribution in [0.5, 0.6) is 0 Å². The zero-order valence-electron chi connectivity index (χ0n) is 14.7. The van der Waals surface area contributed by atoms with E-state index < -0.39 is 0 Å². The fraction of sp³-hybridized carbons (Fsp3) is 0.300. The first-order valence-electron chi connectivity index (χ1n) is 8.61. The fourth-order valence-electron chi connectivity index (χ4n) is 3.17. The van der Waals surface area contributed by atoms with Crippen LogP contribution in [-0.4, -0.2) is 54.8 Å². The Morgan fingerprint density at radius 1 is 1.12 bits per heavy atom. The van der Waals surface area contributed by atoms with Crippen LogP contribution in [0.2, 0.25) is 5.02 Å². The largest absolute Gasteiger partial charge is 0.343 e. The molecular weight excluding hydrogens is 350 g/mol. The molecule has 136 valence electrons. The highest BCUT2D eigenvalue weighted by molar-refractivity contribution is 6.30. The highest BCUT2D eigenvalue weighted by atomic mass is 35.5. The average Bonchev–Trinajstić information content (AvgIpc) is 2.66. The fourth-order valence-corrected chi connectivity index (χ4v) is 3.36. The van der Waals surface area contributed by atoms with Crippen molar-refractivity contribution in [2.75, 3.05) is 33.2 Å². The summed E-state index contributed by atoms with van der Waals surface area (Å²) in [5.74, 6) is -0.381. The van der Waals surface area contributed by atoms with Gasteiger partial charge in [0.25, 0.3) is 5.91 Å². The molecule has 0 aliphatic carbocycles. The molecule has 1 fully saturated rings. The highest BCUT2D eigenvalue weighted by Crippen LogP contribution is 2.24. The number of nitrogens with zero attached hydrogens (tertiary/aromatic N) is 2. The quantitative estimate of drug-likeness (QED) is 0.898. The van der Waals surface area contributed by atoms with Crippen LogP contribution < -0.4 is 5.32 Å². The lowest BCUT2D eigenvalue weighted by molar-refractivity contribution is -0.135. The SMILES string of the molecule is CN1CCN(C(=O)CNC(=O)c2cccc(Cl)c2)C(c2ccccc2)C1. The molecule has 1 atom stereocenters. The number of hydrogen-bond donors (Lipinski definition) is 1. The Balaban J connectivity index is 1.66. The first kappa shape index (κ1) is 18.4. The van der Waals surface area contributed by atoms with Crippen molar-refractivity contribution >= 4 is 23.4 Å². The van der Waals surface area contributed by atoms with E-state index in [2.05, 4.69) is 17.3 Å². The van der Waals surface area contributed by atoms with Crippen LogP contribution in [0.4, 0.5) is 0 Å². The van der Waals surface area contributed by atoms with Crippen LogP contribution >= 0.6 is 11.6 Å². The lowest BCUT2D eigenvalue weighted by atomic mass is 10.0. The third-order valence-corrected chi connectivity index (χ3v) is 4.81. The predicted octanol–water partition coefficient (Wildman–Crippen LogP) is 2.59. The molecule has 0 bridgehead atoms. The molecule has 0 spiro atoms. The van der Waals surface area contributed by atoms with E-state index in [1.807, 2.05) is 35.2 Å². The third-order valence-electron chi connectivity index (χ3n) is 4.58. The zero-order chi connectivity index (χ0) is 18.5. The summed E-state index contributed by atoms with van der Waals surface area (Å²) in [5, 5.41) is 3.20. The Labute approximate surface area is 158 Å². The second-order valence-corrected chi connectivity index (χ2v) is 6.91. The maximum atomic E-state index is 12.8. The standard InChI is InChI=1S/C20H22ClN3O2/c1-23-10-11-24(18(14-23)15-6-3-2-4-7-15)19(25)13-22-20(26)16-8-5-9-17(21)12-16/h2-9,12,18H,10-11,13-14H2,1H3,(H,22,26). The van der Waals surface area contributed by atoms with E-state index in [4.69, 9.17) is 11.6 Å². The molecule has 26 heavy (non-hydrogen) atoms. The molecule has 1 saturated heterocycles.